The van der Waals surface area contributed by atoms with Gasteiger partial charge in [0.25, 0.3) is 5.91 Å². The summed E-state index contributed by atoms with van der Waals surface area (Å²) in [4.78, 5) is 15.9. The Balaban J connectivity index is 1.85. The van der Waals surface area contributed by atoms with Crippen molar-refractivity contribution in [1.82, 2.24) is 15.5 Å². The van der Waals surface area contributed by atoms with Crippen molar-refractivity contribution in [2.24, 2.45) is 0 Å². The molecule has 1 heterocycles. The van der Waals surface area contributed by atoms with Gasteiger partial charge in [0.1, 0.15) is 5.75 Å². The number of benzene rings is 1. The Morgan fingerprint density at radius 1 is 1.36 bits per heavy atom. The Hall–Kier alpha value is -2.37. The van der Waals surface area contributed by atoms with Crippen molar-refractivity contribution in [2.75, 3.05) is 6.61 Å². The number of nitrogens with one attached hydrogen (secondary N) is 1. The molecular weight excluding hydrogens is 282 g/mol. The maximum atomic E-state index is 11.7. The second-order valence-corrected chi connectivity index (χ2v) is 5.21. The van der Waals surface area contributed by atoms with Crippen LogP contribution in [0, 0.1) is 6.92 Å². The molecule has 2 aromatic rings. The monoisotopic (exact) mass is 303 g/mol. The molecule has 0 fully saturated rings. The SMILES string of the molecule is CCCC(C)NC(=O)COc1ccc(-c2noc(C)n2)cc1. The first-order valence-electron chi connectivity index (χ1n) is 7.41. The van der Waals surface area contributed by atoms with Gasteiger partial charge in [-0.2, -0.15) is 4.98 Å². The fraction of sp³-hybridized carbons (Fsp3) is 0.438. The summed E-state index contributed by atoms with van der Waals surface area (Å²) in [5.74, 6) is 1.57. The summed E-state index contributed by atoms with van der Waals surface area (Å²) in [5.41, 5.74) is 0.838. The van der Waals surface area contributed by atoms with Crippen LogP contribution in [0.5, 0.6) is 5.75 Å². The molecule has 0 aliphatic rings. The third-order valence-electron chi connectivity index (χ3n) is 3.14. The van der Waals surface area contributed by atoms with Gasteiger partial charge in [-0.15, -0.1) is 0 Å². The molecule has 0 bridgehead atoms. The molecular formula is C16H21N3O3. The number of amides is 1. The molecule has 1 N–H and O–H groups in total. The van der Waals surface area contributed by atoms with Crippen LogP contribution in [0.1, 0.15) is 32.6 Å². The molecule has 1 aromatic heterocycles. The Labute approximate surface area is 129 Å². The average Bonchev–Trinajstić information content (AvgIpc) is 2.92. The number of aryl methyl sites for hydroxylation is 1. The van der Waals surface area contributed by atoms with Gasteiger partial charge in [0, 0.05) is 18.5 Å². The van der Waals surface area contributed by atoms with Crippen LogP contribution in [0.25, 0.3) is 11.4 Å². The van der Waals surface area contributed by atoms with E-state index in [1.807, 2.05) is 19.1 Å². The van der Waals surface area contributed by atoms with Crippen LogP contribution in [0.4, 0.5) is 0 Å². The molecule has 0 spiro atoms. The zero-order chi connectivity index (χ0) is 15.9. The average molecular weight is 303 g/mol. The summed E-state index contributed by atoms with van der Waals surface area (Å²) in [6.07, 6.45) is 2.00. The lowest BCUT2D eigenvalue weighted by Gasteiger charge is -2.13. The summed E-state index contributed by atoms with van der Waals surface area (Å²) in [5, 5.41) is 6.74. The lowest BCUT2D eigenvalue weighted by Crippen LogP contribution is -2.35. The van der Waals surface area contributed by atoms with E-state index in [0.717, 1.165) is 18.4 Å². The number of nitrogens with zero attached hydrogens (tertiary/aromatic N) is 2. The third-order valence-corrected chi connectivity index (χ3v) is 3.14. The number of carbonyl (C=O) groups excluding carboxylic acids is 1. The Morgan fingerprint density at radius 2 is 2.09 bits per heavy atom. The van der Waals surface area contributed by atoms with E-state index in [1.165, 1.54) is 0 Å². The zero-order valence-corrected chi connectivity index (χ0v) is 13.1. The first kappa shape index (κ1) is 16.0. The smallest absolute Gasteiger partial charge is 0.258 e. The van der Waals surface area contributed by atoms with Gasteiger partial charge in [0.15, 0.2) is 6.61 Å². The highest BCUT2D eigenvalue weighted by Crippen LogP contribution is 2.19. The molecule has 0 aliphatic heterocycles. The minimum atomic E-state index is -0.112. The third kappa shape index (κ3) is 4.58. The van der Waals surface area contributed by atoms with Crippen LogP contribution >= 0.6 is 0 Å². The highest BCUT2D eigenvalue weighted by molar-refractivity contribution is 5.77. The molecule has 0 saturated carbocycles. The highest BCUT2D eigenvalue weighted by Gasteiger charge is 2.08. The number of aromatic nitrogens is 2. The Kier molecular flexibility index (Phi) is 5.52. The van der Waals surface area contributed by atoms with Crippen molar-refractivity contribution in [1.29, 1.82) is 0 Å². The van der Waals surface area contributed by atoms with Crippen LogP contribution in [0.15, 0.2) is 28.8 Å². The number of rotatable bonds is 7. The van der Waals surface area contributed by atoms with E-state index in [9.17, 15) is 4.79 Å². The van der Waals surface area contributed by atoms with E-state index in [2.05, 4.69) is 22.4 Å². The molecule has 1 atom stereocenters. The van der Waals surface area contributed by atoms with Crippen LogP contribution in [-0.2, 0) is 4.79 Å². The van der Waals surface area contributed by atoms with Crippen LogP contribution < -0.4 is 10.1 Å². The van der Waals surface area contributed by atoms with Crippen molar-refractivity contribution < 1.29 is 14.1 Å². The van der Waals surface area contributed by atoms with Gasteiger partial charge in [0.05, 0.1) is 0 Å². The van der Waals surface area contributed by atoms with E-state index in [0.29, 0.717) is 17.5 Å². The first-order valence-corrected chi connectivity index (χ1v) is 7.41. The van der Waals surface area contributed by atoms with Crippen molar-refractivity contribution in [2.45, 2.75) is 39.7 Å². The van der Waals surface area contributed by atoms with Gasteiger partial charge in [-0.3, -0.25) is 4.79 Å². The van der Waals surface area contributed by atoms with Gasteiger partial charge in [0.2, 0.25) is 11.7 Å². The summed E-state index contributed by atoms with van der Waals surface area (Å²) in [7, 11) is 0. The summed E-state index contributed by atoms with van der Waals surface area (Å²) in [6.45, 7) is 5.83. The molecule has 6 heteroatoms. The van der Waals surface area contributed by atoms with Crippen molar-refractivity contribution >= 4 is 5.91 Å². The Morgan fingerprint density at radius 3 is 2.68 bits per heavy atom. The van der Waals surface area contributed by atoms with Gasteiger partial charge in [-0.1, -0.05) is 18.5 Å². The standard InChI is InChI=1S/C16H21N3O3/c1-4-5-11(2)17-15(20)10-21-14-8-6-13(7-9-14)16-18-12(3)22-19-16/h6-9,11H,4-5,10H2,1-3H3,(H,17,20). The van der Waals surface area contributed by atoms with Crippen LogP contribution in [0.2, 0.25) is 0 Å². The molecule has 118 valence electrons. The summed E-state index contributed by atoms with van der Waals surface area (Å²) >= 11 is 0. The molecule has 2 rings (SSSR count). The molecule has 1 aromatic carbocycles. The van der Waals surface area contributed by atoms with Crippen LogP contribution in [-0.4, -0.2) is 28.7 Å². The maximum absolute atomic E-state index is 11.7. The first-order chi connectivity index (χ1) is 10.6. The molecule has 1 unspecified atom stereocenters. The lowest BCUT2D eigenvalue weighted by atomic mass is 10.2. The van der Waals surface area contributed by atoms with Gasteiger partial charge >= 0.3 is 0 Å². The van der Waals surface area contributed by atoms with E-state index in [4.69, 9.17) is 9.26 Å². The van der Waals surface area contributed by atoms with E-state index >= 15 is 0 Å². The maximum Gasteiger partial charge on any atom is 0.258 e. The van der Waals surface area contributed by atoms with E-state index in [1.54, 1.807) is 19.1 Å². The molecule has 6 nitrogen and oxygen atoms in total. The molecule has 22 heavy (non-hydrogen) atoms. The minimum absolute atomic E-state index is 0.00865. The fourth-order valence-electron chi connectivity index (χ4n) is 2.09. The lowest BCUT2D eigenvalue weighted by molar-refractivity contribution is -0.123. The molecule has 0 aliphatic carbocycles. The van der Waals surface area contributed by atoms with Gasteiger partial charge in [-0.25, -0.2) is 0 Å². The van der Waals surface area contributed by atoms with Crippen molar-refractivity contribution in [3.05, 3.63) is 30.2 Å². The second-order valence-electron chi connectivity index (χ2n) is 5.21. The Bertz CT molecular complexity index is 607. The van der Waals surface area contributed by atoms with Crippen molar-refractivity contribution in [3.8, 4) is 17.1 Å². The number of ether oxygens (including phenoxy) is 1. The fourth-order valence-corrected chi connectivity index (χ4v) is 2.09. The normalized spacial score (nSPS) is 12.0. The molecule has 1 amide bonds. The van der Waals surface area contributed by atoms with Gasteiger partial charge < -0.3 is 14.6 Å². The minimum Gasteiger partial charge on any atom is -0.484 e. The number of carbonyl (C=O) groups is 1. The second kappa shape index (κ2) is 7.59. The van der Waals surface area contributed by atoms with Crippen LogP contribution in [0.3, 0.4) is 0 Å². The highest BCUT2D eigenvalue weighted by atomic mass is 16.5. The quantitative estimate of drug-likeness (QED) is 0.851. The largest absolute Gasteiger partial charge is 0.484 e. The van der Waals surface area contributed by atoms with E-state index < -0.39 is 0 Å². The summed E-state index contributed by atoms with van der Waals surface area (Å²) < 4.78 is 10.4. The van der Waals surface area contributed by atoms with E-state index in [-0.39, 0.29) is 18.6 Å². The number of hydrogen-bond acceptors (Lipinski definition) is 5. The molecule has 0 radical (unpaired) electrons. The number of hydrogen-bond donors (Lipinski definition) is 1. The summed E-state index contributed by atoms with van der Waals surface area (Å²) in [6, 6.07) is 7.40. The zero-order valence-electron chi connectivity index (χ0n) is 13.1. The van der Waals surface area contributed by atoms with Gasteiger partial charge in [-0.05, 0) is 37.6 Å². The van der Waals surface area contributed by atoms with Crippen molar-refractivity contribution in [3.63, 3.8) is 0 Å². The topological polar surface area (TPSA) is 77.2 Å². The predicted molar refractivity (Wildman–Crippen MR) is 82.5 cm³/mol. The molecule has 0 saturated heterocycles. The predicted octanol–water partition coefficient (Wildman–Crippen LogP) is 2.73.